The molecule has 0 fully saturated rings. The zero-order valence-corrected chi connectivity index (χ0v) is 10.9. The summed E-state index contributed by atoms with van der Waals surface area (Å²) < 4.78 is 11.1. The van der Waals surface area contributed by atoms with Crippen LogP contribution < -0.4 is 9.47 Å². The van der Waals surface area contributed by atoms with Crippen LogP contribution in [0.2, 0.25) is 0 Å². The Morgan fingerprint density at radius 2 is 1.94 bits per heavy atom. The van der Waals surface area contributed by atoms with Crippen LogP contribution in [-0.2, 0) is 4.79 Å². The Hall–Kier alpha value is -1.97. The van der Waals surface area contributed by atoms with Crippen molar-refractivity contribution in [2.45, 2.75) is 20.8 Å². The zero-order valence-electron chi connectivity index (χ0n) is 10.9. The number of carboxylic acids is 1. The topological polar surface area (TPSA) is 55.8 Å². The van der Waals surface area contributed by atoms with Crippen LogP contribution in [0, 0.1) is 0 Å². The van der Waals surface area contributed by atoms with Crippen LogP contribution in [0.4, 0.5) is 0 Å². The Bertz CT molecular complexity index is 449. The van der Waals surface area contributed by atoms with Crippen LogP contribution in [0.25, 0.3) is 5.57 Å². The Morgan fingerprint density at radius 1 is 1.28 bits per heavy atom. The lowest BCUT2D eigenvalue weighted by molar-refractivity contribution is -0.131. The summed E-state index contributed by atoms with van der Waals surface area (Å²) in [7, 11) is 0. The van der Waals surface area contributed by atoms with Crippen LogP contribution in [-0.4, -0.2) is 24.3 Å². The maximum Gasteiger partial charge on any atom is 0.328 e. The lowest BCUT2D eigenvalue weighted by Gasteiger charge is -2.15. The number of hydrogen-bond donors (Lipinski definition) is 1. The Morgan fingerprint density at radius 3 is 2.50 bits per heavy atom. The summed E-state index contributed by atoms with van der Waals surface area (Å²) in [6.45, 7) is 6.54. The standard InChI is InChI=1S/C14H18O4/c1-4-17-12-8-6-7-11(14(12)18-5-2)10(3)9-13(15)16/h6-9H,4-5H2,1-3H3,(H,15,16)/b10-9+. The van der Waals surface area contributed by atoms with Gasteiger partial charge in [-0.3, -0.25) is 0 Å². The van der Waals surface area contributed by atoms with E-state index in [1.54, 1.807) is 6.92 Å². The van der Waals surface area contributed by atoms with E-state index in [-0.39, 0.29) is 0 Å². The molecule has 0 bridgehead atoms. The van der Waals surface area contributed by atoms with E-state index >= 15 is 0 Å². The fraction of sp³-hybridized carbons (Fsp3) is 0.357. The second-order valence-electron chi connectivity index (χ2n) is 3.66. The molecule has 0 heterocycles. The SMILES string of the molecule is CCOc1cccc(/C(C)=C/C(=O)O)c1OCC. The molecule has 0 aliphatic heterocycles. The van der Waals surface area contributed by atoms with Gasteiger partial charge < -0.3 is 14.6 Å². The number of para-hydroxylation sites is 1. The van der Waals surface area contributed by atoms with Gasteiger partial charge in [0.15, 0.2) is 11.5 Å². The molecule has 0 saturated carbocycles. The summed E-state index contributed by atoms with van der Waals surface area (Å²) in [6, 6.07) is 5.45. The van der Waals surface area contributed by atoms with E-state index in [2.05, 4.69) is 0 Å². The molecule has 0 saturated heterocycles. The first-order chi connectivity index (χ1) is 8.60. The average molecular weight is 250 g/mol. The molecule has 1 aromatic carbocycles. The summed E-state index contributed by atoms with van der Waals surface area (Å²) >= 11 is 0. The molecule has 1 N–H and O–H groups in total. The van der Waals surface area contributed by atoms with Gasteiger partial charge in [0.25, 0.3) is 0 Å². The van der Waals surface area contributed by atoms with Gasteiger partial charge in [0, 0.05) is 11.6 Å². The van der Waals surface area contributed by atoms with Gasteiger partial charge >= 0.3 is 5.97 Å². The number of hydrogen-bond acceptors (Lipinski definition) is 3. The molecule has 0 unspecified atom stereocenters. The highest BCUT2D eigenvalue weighted by atomic mass is 16.5. The Balaban J connectivity index is 3.25. The van der Waals surface area contributed by atoms with Gasteiger partial charge in [-0.1, -0.05) is 12.1 Å². The molecule has 18 heavy (non-hydrogen) atoms. The summed E-state index contributed by atoms with van der Waals surface area (Å²) in [5, 5.41) is 8.79. The first kappa shape index (κ1) is 14.1. The summed E-state index contributed by atoms with van der Waals surface area (Å²) in [5.74, 6) is 0.253. The smallest absolute Gasteiger partial charge is 0.328 e. The van der Waals surface area contributed by atoms with Gasteiger partial charge in [-0.05, 0) is 32.4 Å². The maximum atomic E-state index is 10.7. The highest BCUT2D eigenvalue weighted by Gasteiger charge is 2.12. The van der Waals surface area contributed by atoms with Gasteiger partial charge in [0.05, 0.1) is 13.2 Å². The molecule has 98 valence electrons. The maximum absolute atomic E-state index is 10.7. The van der Waals surface area contributed by atoms with Crippen molar-refractivity contribution in [2.24, 2.45) is 0 Å². The lowest BCUT2D eigenvalue weighted by atomic mass is 10.1. The minimum absolute atomic E-state index is 0.497. The molecule has 4 heteroatoms. The second kappa shape index (κ2) is 6.69. The predicted octanol–water partition coefficient (Wildman–Crippen LogP) is 2.97. The fourth-order valence-corrected chi connectivity index (χ4v) is 1.65. The van der Waals surface area contributed by atoms with Crippen LogP contribution in [0.3, 0.4) is 0 Å². The third-order valence-electron chi connectivity index (χ3n) is 2.33. The van der Waals surface area contributed by atoms with E-state index in [0.717, 1.165) is 11.6 Å². The van der Waals surface area contributed by atoms with Crippen molar-refractivity contribution in [3.8, 4) is 11.5 Å². The van der Waals surface area contributed by atoms with Crippen LogP contribution >= 0.6 is 0 Å². The van der Waals surface area contributed by atoms with Crippen molar-refractivity contribution >= 4 is 11.5 Å². The highest BCUT2D eigenvalue weighted by molar-refractivity contribution is 5.90. The molecule has 0 radical (unpaired) electrons. The summed E-state index contributed by atoms with van der Waals surface area (Å²) in [5.41, 5.74) is 1.37. The minimum Gasteiger partial charge on any atom is -0.490 e. The molecule has 0 aliphatic carbocycles. The monoisotopic (exact) mass is 250 g/mol. The molecule has 0 atom stereocenters. The Kier molecular flexibility index (Phi) is 5.24. The van der Waals surface area contributed by atoms with Crippen molar-refractivity contribution in [2.75, 3.05) is 13.2 Å². The second-order valence-corrected chi connectivity index (χ2v) is 3.66. The van der Waals surface area contributed by atoms with Crippen molar-refractivity contribution < 1.29 is 19.4 Å². The van der Waals surface area contributed by atoms with Crippen molar-refractivity contribution in [3.05, 3.63) is 29.8 Å². The quantitative estimate of drug-likeness (QED) is 0.788. The molecule has 0 spiro atoms. The number of carbonyl (C=O) groups is 1. The number of benzene rings is 1. The number of ether oxygens (including phenoxy) is 2. The number of aliphatic carboxylic acids is 1. The van der Waals surface area contributed by atoms with Gasteiger partial charge in [0.2, 0.25) is 0 Å². The lowest BCUT2D eigenvalue weighted by Crippen LogP contribution is -2.01. The van der Waals surface area contributed by atoms with E-state index in [9.17, 15) is 4.79 Å². The van der Waals surface area contributed by atoms with Crippen molar-refractivity contribution in [1.82, 2.24) is 0 Å². The van der Waals surface area contributed by atoms with Crippen molar-refractivity contribution in [3.63, 3.8) is 0 Å². The fourth-order valence-electron chi connectivity index (χ4n) is 1.65. The molecule has 0 amide bonds. The first-order valence-electron chi connectivity index (χ1n) is 5.90. The van der Waals surface area contributed by atoms with E-state index in [4.69, 9.17) is 14.6 Å². The van der Waals surface area contributed by atoms with Gasteiger partial charge in [-0.15, -0.1) is 0 Å². The van der Waals surface area contributed by atoms with Crippen LogP contribution in [0.5, 0.6) is 11.5 Å². The molecular weight excluding hydrogens is 232 g/mol. The largest absolute Gasteiger partial charge is 0.490 e. The van der Waals surface area contributed by atoms with E-state index in [1.165, 1.54) is 0 Å². The zero-order chi connectivity index (χ0) is 13.5. The van der Waals surface area contributed by atoms with Crippen LogP contribution in [0.15, 0.2) is 24.3 Å². The molecule has 0 aliphatic rings. The number of allylic oxidation sites excluding steroid dienone is 1. The highest BCUT2D eigenvalue weighted by Crippen LogP contribution is 2.35. The van der Waals surface area contributed by atoms with E-state index < -0.39 is 5.97 Å². The van der Waals surface area contributed by atoms with Gasteiger partial charge in [-0.25, -0.2) is 4.79 Å². The Labute approximate surface area is 107 Å². The molecular formula is C14H18O4. The third kappa shape index (κ3) is 3.52. The third-order valence-corrected chi connectivity index (χ3v) is 2.33. The summed E-state index contributed by atoms with van der Waals surface area (Å²) in [4.78, 5) is 10.7. The predicted molar refractivity (Wildman–Crippen MR) is 70.1 cm³/mol. The molecule has 0 aromatic heterocycles. The first-order valence-corrected chi connectivity index (χ1v) is 5.90. The van der Waals surface area contributed by atoms with Gasteiger partial charge in [-0.2, -0.15) is 0 Å². The number of carboxylic acid groups (broad SMARTS) is 1. The van der Waals surface area contributed by atoms with E-state index in [1.807, 2.05) is 32.0 Å². The average Bonchev–Trinajstić information content (AvgIpc) is 2.31. The summed E-state index contributed by atoms with van der Waals surface area (Å²) in [6.07, 6.45) is 1.16. The minimum atomic E-state index is -0.975. The number of rotatable bonds is 6. The normalized spacial score (nSPS) is 11.2. The molecule has 4 nitrogen and oxygen atoms in total. The molecule has 1 aromatic rings. The van der Waals surface area contributed by atoms with Crippen molar-refractivity contribution in [1.29, 1.82) is 0 Å². The van der Waals surface area contributed by atoms with E-state index in [0.29, 0.717) is 30.3 Å². The van der Waals surface area contributed by atoms with Gasteiger partial charge in [0.1, 0.15) is 0 Å². The molecule has 1 rings (SSSR count). The van der Waals surface area contributed by atoms with Crippen LogP contribution in [0.1, 0.15) is 26.3 Å².